The van der Waals surface area contributed by atoms with Gasteiger partial charge < -0.3 is 20.5 Å². The number of methoxy groups -OCH3 is 1. The van der Waals surface area contributed by atoms with Crippen LogP contribution in [0.5, 0.6) is 0 Å². The quantitative estimate of drug-likeness (QED) is 0.595. The summed E-state index contributed by atoms with van der Waals surface area (Å²) >= 11 is 0. The van der Waals surface area contributed by atoms with Crippen LogP contribution in [0.4, 0.5) is 0 Å². The number of carbonyl (C=O) groups excluding carboxylic acids is 1. The first-order chi connectivity index (χ1) is 9.15. The third-order valence-corrected chi connectivity index (χ3v) is 2.81. The average molecular weight is 266 g/mol. The summed E-state index contributed by atoms with van der Waals surface area (Å²) < 4.78 is 4.86. The molecule has 0 aromatic heterocycles. The molecule has 1 amide bonds. The minimum absolute atomic E-state index is 0.135. The van der Waals surface area contributed by atoms with E-state index in [4.69, 9.17) is 4.74 Å². The molecule has 0 spiro atoms. The van der Waals surface area contributed by atoms with Crippen LogP contribution < -0.4 is 10.6 Å². The lowest BCUT2D eigenvalue weighted by atomic mass is 10.0. The minimum atomic E-state index is -0.677. The fourth-order valence-corrected chi connectivity index (χ4v) is 1.72. The summed E-state index contributed by atoms with van der Waals surface area (Å²) in [7, 11) is 1.61. The Bertz CT molecular complexity index is 396. The number of aryl methyl sites for hydroxylation is 1. The Labute approximate surface area is 114 Å². The highest BCUT2D eigenvalue weighted by molar-refractivity contribution is 5.78. The first-order valence-corrected chi connectivity index (χ1v) is 6.35. The van der Waals surface area contributed by atoms with Crippen LogP contribution in [0.3, 0.4) is 0 Å². The van der Waals surface area contributed by atoms with Crippen molar-refractivity contribution in [3.05, 3.63) is 35.4 Å². The van der Waals surface area contributed by atoms with Crippen LogP contribution in [0.15, 0.2) is 24.3 Å². The Morgan fingerprint density at radius 1 is 1.42 bits per heavy atom. The highest BCUT2D eigenvalue weighted by atomic mass is 16.5. The Kier molecular flexibility index (Phi) is 7.10. The van der Waals surface area contributed by atoms with Crippen molar-refractivity contribution in [3.8, 4) is 0 Å². The van der Waals surface area contributed by atoms with E-state index in [-0.39, 0.29) is 19.0 Å². The van der Waals surface area contributed by atoms with Crippen molar-refractivity contribution in [3.63, 3.8) is 0 Å². The van der Waals surface area contributed by atoms with Gasteiger partial charge in [-0.2, -0.15) is 0 Å². The summed E-state index contributed by atoms with van der Waals surface area (Å²) in [4.78, 5) is 11.5. The maximum atomic E-state index is 11.5. The molecule has 19 heavy (non-hydrogen) atoms. The number of aliphatic hydroxyl groups excluding tert-OH is 1. The number of hydrogen-bond donors (Lipinski definition) is 3. The van der Waals surface area contributed by atoms with Gasteiger partial charge in [0.25, 0.3) is 0 Å². The van der Waals surface area contributed by atoms with Crippen LogP contribution in [0.1, 0.15) is 17.2 Å². The molecule has 0 aliphatic rings. The molecule has 1 atom stereocenters. The summed E-state index contributed by atoms with van der Waals surface area (Å²) in [6.07, 6.45) is -0.677. The number of benzene rings is 1. The van der Waals surface area contributed by atoms with Crippen LogP contribution in [0.2, 0.25) is 0 Å². The Balaban J connectivity index is 2.28. The maximum Gasteiger partial charge on any atom is 0.234 e. The number of aliphatic hydroxyl groups is 1. The van der Waals surface area contributed by atoms with Crippen molar-refractivity contribution >= 4 is 5.91 Å². The molecule has 106 valence electrons. The van der Waals surface area contributed by atoms with Gasteiger partial charge in [0, 0.05) is 20.2 Å². The summed E-state index contributed by atoms with van der Waals surface area (Å²) in [5.41, 5.74) is 1.86. The topological polar surface area (TPSA) is 70.6 Å². The molecule has 0 heterocycles. The first-order valence-electron chi connectivity index (χ1n) is 6.35. The smallest absolute Gasteiger partial charge is 0.234 e. The zero-order chi connectivity index (χ0) is 14.1. The lowest BCUT2D eigenvalue weighted by Crippen LogP contribution is -2.37. The van der Waals surface area contributed by atoms with Gasteiger partial charge in [-0.3, -0.25) is 4.79 Å². The Morgan fingerprint density at radius 3 is 2.84 bits per heavy atom. The molecule has 5 nitrogen and oxygen atoms in total. The van der Waals surface area contributed by atoms with Gasteiger partial charge >= 0.3 is 0 Å². The fraction of sp³-hybridized carbons (Fsp3) is 0.500. The van der Waals surface area contributed by atoms with Gasteiger partial charge in [-0.25, -0.2) is 0 Å². The monoisotopic (exact) mass is 266 g/mol. The molecule has 0 aliphatic carbocycles. The number of nitrogens with one attached hydrogen (secondary N) is 2. The van der Waals surface area contributed by atoms with Crippen LogP contribution in [0, 0.1) is 6.92 Å². The molecule has 1 aromatic carbocycles. The van der Waals surface area contributed by atoms with Crippen molar-refractivity contribution in [2.45, 2.75) is 13.0 Å². The zero-order valence-corrected chi connectivity index (χ0v) is 11.5. The van der Waals surface area contributed by atoms with E-state index in [0.717, 1.165) is 11.1 Å². The largest absolute Gasteiger partial charge is 0.387 e. The van der Waals surface area contributed by atoms with Crippen molar-refractivity contribution in [2.75, 3.05) is 33.4 Å². The third kappa shape index (κ3) is 5.83. The molecule has 0 fully saturated rings. The second-order valence-corrected chi connectivity index (χ2v) is 4.35. The summed E-state index contributed by atoms with van der Waals surface area (Å²) in [5.74, 6) is -0.135. The molecular weight excluding hydrogens is 244 g/mol. The van der Waals surface area contributed by atoms with Gasteiger partial charge in [0.05, 0.1) is 19.3 Å². The predicted molar refractivity (Wildman–Crippen MR) is 73.9 cm³/mol. The van der Waals surface area contributed by atoms with E-state index in [9.17, 15) is 9.90 Å². The van der Waals surface area contributed by atoms with Crippen LogP contribution in [-0.4, -0.2) is 44.4 Å². The van der Waals surface area contributed by atoms with E-state index in [2.05, 4.69) is 10.6 Å². The van der Waals surface area contributed by atoms with E-state index in [1.54, 1.807) is 7.11 Å². The zero-order valence-electron chi connectivity index (χ0n) is 11.5. The van der Waals surface area contributed by atoms with Gasteiger partial charge in [-0.15, -0.1) is 0 Å². The van der Waals surface area contributed by atoms with Gasteiger partial charge in [-0.05, 0) is 18.1 Å². The van der Waals surface area contributed by atoms with E-state index in [1.807, 2.05) is 31.2 Å². The van der Waals surface area contributed by atoms with Crippen molar-refractivity contribution in [1.82, 2.24) is 10.6 Å². The van der Waals surface area contributed by atoms with E-state index in [0.29, 0.717) is 13.2 Å². The fourth-order valence-electron chi connectivity index (χ4n) is 1.72. The molecule has 1 unspecified atom stereocenters. The van der Waals surface area contributed by atoms with Gasteiger partial charge in [-0.1, -0.05) is 24.3 Å². The third-order valence-electron chi connectivity index (χ3n) is 2.81. The molecule has 0 aliphatic heterocycles. The molecule has 0 bridgehead atoms. The number of hydrogen-bond acceptors (Lipinski definition) is 4. The van der Waals surface area contributed by atoms with Gasteiger partial charge in [0.2, 0.25) is 5.91 Å². The highest BCUT2D eigenvalue weighted by Gasteiger charge is 2.10. The van der Waals surface area contributed by atoms with Gasteiger partial charge in [0.15, 0.2) is 0 Å². The van der Waals surface area contributed by atoms with E-state index >= 15 is 0 Å². The first kappa shape index (κ1) is 15.6. The molecule has 1 rings (SSSR count). The standard InChI is InChI=1S/C14H22N2O3/c1-11-5-3-4-6-12(11)13(17)9-16-14(18)10-15-7-8-19-2/h3-6,13,15,17H,7-10H2,1-2H3,(H,16,18). The minimum Gasteiger partial charge on any atom is -0.387 e. The lowest BCUT2D eigenvalue weighted by molar-refractivity contribution is -0.120. The second kappa shape index (κ2) is 8.63. The normalized spacial score (nSPS) is 12.2. The Hall–Kier alpha value is -1.43. The molecule has 1 aromatic rings. The summed E-state index contributed by atoms with van der Waals surface area (Å²) in [6, 6.07) is 7.60. The van der Waals surface area contributed by atoms with Gasteiger partial charge in [0.1, 0.15) is 0 Å². The molecule has 5 heteroatoms. The molecule has 0 saturated carbocycles. The number of rotatable bonds is 8. The summed E-state index contributed by atoms with van der Waals surface area (Å²) in [6.45, 7) is 3.58. The van der Waals surface area contributed by atoms with Crippen LogP contribution >= 0.6 is 0 Å². The van der Waals surface area contributed by atoms with Crippen LogP contribution in [-0.2, 0) is 9.53 Å². The number of amides is 1. The van der Waals surface area contributed by atoms with Crippen molar-refractivity contribution in [2.24, 2.45) is 0 Å². The average Bonchev–Trinajstić information content (AvgIpc) is 2.41. The molecule has 3 N–H and O–H groups in total. The molecular formula is C14H22N2O3. The van der Waals surface area contributed by atoms with Crippen molar-refractivity contribution < 1.29 is 14.6 Å². The van der Waals surface area contributed by atoms with E-state index in [1.165, 1.54) is 0 Å². The lowest BCUT2D eigenvalue weighted by Gasteiger charge is -2.14. The number of ether oxygens (including phenoxy) is 1. The Morgan fingerprint density at radius 2 is 2.16 bits per heavy atom. The second-order valence-electron chi connectivity index (χ2n) is 4.35. The van der Waals surface area contributed by atoms with E-state index < -0.39 is 6.10 Å². The molecule has 0 radical (unpaired) electrons. The number of carbonyl (C=O) groups is 1. The molecule has 0 saturated heterocycles. The summed E-state index contributed by atoms with van der Waals surface area (Å²) in [5, 5.41) is 15.6. The van der Waals surface area contributed by atoms with Crippen molar-refractivity contribution in [1.29, 1.82) is 0 Å². The predicted octanol–water partition coefficient (Wildman–Crippen LogP) is 0.381. The van der Waals surface area contributed by atoms with Crippen LogP contribution in [0.25, 0.3) is 0 Å². The SMILES string of the molecule is COCCNCC(=O)NCC(O)c1ccccc1C. The maximum absolute atomic E-state index is 11.5. The highest BCUT2D eigenvalue weighted by Crippen LogP contribution is 2.15.